The van der Waals surface area contributed by atoms with Crippen LogP contribution < -0.4 is 0 Å². The zero-order valence-corrected chi connectivity index (χ0v) is 9.39. The van der Waals surface area contributed by atoms with Crippen LogP contribution in [0.2, 0.25) is 0 Å². The maximum absolute atomic E-state index is 12.5. The van der Waals surface area contributed by atoms with Crippen LogP contribution in [0.15, 0.2) is 36.4 Å². The Hall–Kier alpha value is -2.15. The van der Waals surface area contributed by atoms with Crippen LogP contribution in [-0.2, 0) is 0 Å². The molecule has 1 N–H and O–H groups in total. The maximum atomic E-state index is 12.5. The van der Waals surface area contributed by atoms with E-state index in [9.17, 15) is 28.4 Å². The molecule has 0 spiro atoms. The van der Waals surface area contributed by atoms with Crippen LogP contribution in [0.25, 0.3) is 10.8 Å². The molecule has 0 radical (unpaired) electrons. The lowest BCUT2D eigenvalue weighted by Crippen LogP contribution is -2.21. The number of fused-ring (bicyclic) bond motifs is 1. The molecule has 100 valence electrons. The molecular formula is C12H8F3NO3. The lowest BCUT2D eigenvalue weighted by molar-refractivity contribution is -0.385. The normalized spacial score (nSPS) is 13.5. The lowest BCUT2D eigenvalue weighted by Gasteiger charge is -2.15. The predicted molar refractivity (Wildman–Crippen MR) is 61.6 cm³/mol. The summed E-state index contributed by atoms with van der Waals surface area (Å²) in [6.07, 6.45) is -7.83. The van der Waals surface area contributed by atoms with Crippen molar-refractivity contribution in [1.29, 1.82) is 0 Å². The molecule has 7 heteroatoms. The monoisotopic (exact) mass is 271 g/mol. The Morgan fingerprint density at radius 1 is 1.16 bits per heavy atom. The molecule has 4 nitrogen and oxygen atoms in total. The zero-order chi connectivity index (χ0) is 14.2. The summed E-state index contributed by atoms with van der Waals surface area (Å²) in [6, 6.07) is 8.24. The van der Waals surface area contributed by atoms with E-state index in [4.69, 9.17) is 0 Å². The van der Waals surface area contributed by atoms with Crippen molar-refractivity contribution in [3.05, 3.63) is 52.1 Å². The van der Waals surface area contributed by atoms with Gasteiger partial charge in [0.25, 0.3) is 5.69 Å². The van der Waals surface area contributed by atoms with Crippen molar-refractivity contribution in [3.8, 4) is 0 Å². The van der Waals surface area contributed by atoms with Crippen molar-refractivity contribution in [2.24, 2.45) is 0 Å². The molecule has 0 fully saturated rings. The number of hydrogen-bond donors (Lipinski definition) is 1. The lowest BCUT2D eigenvalue weighted by atomic mass is 10.0. The predicted octanol–water partition coefficient (Wildman–Crippen LogP) is 3.34. The third kappa shape index (κ3) is 2.37. The maximum Gasteiger partial charge on any atom is 0.418 e. The molecule has 0 aliphatic carbocycles. The molecule has 0 aromatic heterocycles. The molecule has 0 aliphatic rings. The van der Waals surface area contributed by atoms with Gasteiger partial charge in [-0.15, -0.1) is 0 Å². The molecule has 0 amide bonds. The fourth-order valence-corrected chi connectivity index (χ4v) is 1.87. The molecule has 1 atom stereocenters. The van der Waals surface area contributed by atoms with Crippen molar-refractivity contribution in [3.63, 3.8) is 0 Å². The zero-order valence-electron chi connectivity index (χ0n) is 9.39. The van der Waals surface area contributed by atoms with Gasteiger partial charge in [0.1, 0.15) is 0 Å². The van der Waals surface area contributed by atoms with E-state index in [1.54, 1.807) is 12.1 Å². The minimum absolute atomic E-state index is 0.0632. The van der Waals surface area contributed by atoms with E-state index < -0.39 is 28.5 Å². The molecule has 0 saturated heterocycles. The van der Waals surface area contributed by atoms with Gasteiger partial charge in [0.05, 0.1) is 15.9 Å². The Morgan fingerprint density at radius 3 is 2.37 bits per heavy atom. The molecular weight excluding hydrogens is 263 g/mol. The van der Waals surface area contributed by atoms with Crippen LogP contribution in [0.5, 0.6) is 0 Å². The molecule has 2 aromatic carbocycles. The number of rotatable bonds is 2. The van der Waals surface area contributed by atoms with E-state index in [1.165, 1.54) is 18.2 Å². The molecule has 1 unspecified atom stereocenters. The first kappa shape index (κ1) is 13.3. The molecule has 2 rings (SSSR count). The fourth-order valence-electron chi connectivity index (χ4n) is 1.87. The minimum Gasteiger partial charge on any atom is -0.379 e. The highest BCUT2D eigenvalue weighted by Crippen LogP contribution is 2.40. The number of alkyl halides is 3. The van der Waals surface area contributed by atoms with E-state index in [0.717, 1.165) is 6.07 Å². The quantitative estimate of drug-likeness (QED) is 0.673. The average Bonchev–Trinajstić information content (AvgIpc) is 2.35. The Kier molecular flexibility index (Phi) is 3.15. The SMILES string of the molecule is O=[N+]([O-])c1c(C(O)C(F)(F)F)ccc2ccccc12. The van der Waals surface area contributed by atoms with Crippen molar-refractivity contribution in [2.45, 2.75) is 12.3 Å². The van der Waals surface area contributed by atoms with Gasteiger partial charge in [0.15, 0.2) is 6.10 Å². The molecule has 0 saturated carbocycles. The number of nitro benzene ring substituents is 1. The number of nitrogens with zero attached hydrogens (tertiary/aromatic N) is 1. The van der Waals surface area contributed by atoms with Gasteiger partial charge in [0, 0.05) is 0 Å². The summed E-state index contributed by atoms with van der Waals surface area (Å²) in [6.45, 7) is 0. The number of halogens is 3. The molecule has 0 aliphatic heterocycles. The summed E-state index contributed by atoms with van der Waals surface area (Å²) in [5.41, 5.74) is -1.47. The van der Waals surface area contributed by atoms with E-state index >= 15 is 0 Å². The van der Waals surface area contributed by atoms with Crippen LogP contribution >= 0.6 is 0 Å². The van der Waals surface area contributed by atoms with Gasteiger partial charge < -0.3 is 5.11 Å². The summed E-state index contributed by atoms with van der Waals surface area (Å²) < 4.78 is 37.5. The van der Waals surface area contributed by atoms with Crippen LogP contribution in [0.1, 0.15) is 11.7 Å². The summed E-state index contributed by atoms with van der Waals surface area (Å²) in [7, 11) is 0. The minimum atomic E-state index is -4.95. The molecule has 0 bridgehead atoms. The number of benzene rings is 2. The van der Waals surface area contributed by atoms with Crippen molar-refractivity contribution in [1.82, 2.24) is 0 Å². The first-order chi connectivity index (χ1) is 8.82. The van der Waals surface area contributed by atoms with Gasteiger partial charge in [0.2, 0.25) is 0 Å². The van der Waals surface area contributed by atoms with Gasteiger partial charge >= 0.3 is 6.18 Å². The fraction of sp³-hybridized carbons (Fsp3) is 0.167. The van der Waals surface area contributed by atoms with Gasteiger partial charge in [-0.3, -0.25) is 10.1 Å². The van der Waals surface area contributed by atoms with Crippen molar-refractivity contribution >= 4 is 16.5 Å². The van der Waals surface area contributed by atoms with Crippen molar-refractivity contribution < 1.29 is 23.2 Å². The topological polar surface area (TPSA) is 63.4 Å². The number of nitro groups is 1. The standard InChI is InChI=1S/C12H8F3NO3/c13-12(14,15)11(17)9-6-5-7-3-1-2-4-8(7)10(9)16(18)19/h1-6,11,17H. The second kappa shape index (κ2) is 4.51. The van der Waals surface area contributed by atoms with E-state index in [-0.39, 0.29) is 5.39 Å². The van der Waals surface area contributed by atoms with Crippen LogP contribution in [-0.4, -0.2) is 16.2 Å². The summed E-state index contributed by atoms with van der Waals surface area (Å²) in [5.74, 6) is 0. The number of hydrogen-bond acceptors (Lipinski definition) is 3. The van der Waals surface area contributed by atoms with E-state index in [1.807, 2.05) is 0 Å². The Morgan fingerprint density at radius 2 is 1.79 bits per heavy atom. The highest BCUT2D eigenvalue weighted by Gasteiger charge is 2.43. The van der Waals surface area contributed by atoms with E-state index in [0.29, 0.717) is 5.39 Å². The first-order valence-corrected chi connectivity index (χ1v) is 5.23. The van der Waals surface area contributed by atoms with E-state index in [2.05, 4.69) is 0 Å². The largest absolute Gasteiger partial charge is 0.418 e. The highest BCUT2D eigenvalue weighted by atomic mass is 19.4. The van der Waals surface area contributed by atoms with Gasteiger partial charge in [-0.1, -0.05) is 24.3 Å². The molecule has 2 aromatic rings. The molecule has 0 heterocycles. The Labute approximate surface area is 105 Å². The van der Waals surface area contributed by atoms with Gasteiger partial charge in [-0.2, -0.15) is 13.2 Å². The highest BCUT2D eigenvalue weighted by molar-refractivity contribution is 5.92. The van der Waals surface area contributed by atoms with Gasteiger partial charge in [-0.05, 0) is 17.5 Å². The summed E-state index contributed by atoms with van der Waals surface area (Å²) >= 11 is 0. The number of aliphatic hydroxyl groups is 1. The second-order valence-electron chi connectivity index (χ2n) is 3.93. The first-order valence-electron chi connectivity index (χ1n) is 5.23. The summed E-state index contributed by atoms with van der Waals surface area (Å²) in [5, 5.41) is 20.7. The van der Waals surface area contributed by atoms with Crippen molar-refractivity contribution in [2.75, 3.05) is 0 Å². The smallest absolute Gasteiger partial charge is 0.379 e. The second-order valence-corrected chi connectivity index (χ2v) is 3.93. The van der Waals surface area contributed by atoms with Crippen LogP contribution in [0.4, 0.5) is 18.9 Å². The third-order valence-corrected chi connectivity index (χ3v) is 2.72. The van der Waals surface area contributed by atoms with Gasteiger partial charge in [-0.25, -0.2) is 0 Å². The average molecular weight is 271 g/mol. The third-order valence-electron chi connectivity index (χ3n) is 2.72. The number of aliphatic hydroxyl groups excluding tert-OH is 1. The van der Waals surface area contributed by atoms with Crippen LogP contribution in [0.3, 0.4) is 0 Å². The molecule has 19 heavy (non-hydrogen) atoms. The van der Waals surface area contributed by atoms with Crippen LogP contribution in [0, 0.1) is 10.1 Å². The summed E-state index contributed by atoms with van der Waals surface area (Å²) in [4.78, 5) is 10.1. The Bertz CT molecular complexity index is 640. The Balaban J connectivity index is 2.75.